The van der Waals surface area contributed by atoms with E-state index < -0.39 is 34.2 Å². The van der Waals surface area contributed by atoms with Crippen LogP contribution >= 0.6 is 11.6 Å². The molecule has 3 aromatic carbocycles. The number of para-hydroxylation sites is 1. The van der Waals surface area contributed by atoms with Crippen LogP contribution in [-0.2, 0) is 32.8 Å². The number of anilines is 1. The highest BCUT2D eigenvalue weighted by Crippen LogP contribution is 2.22. The van der Waals surface area contributed by atoms with E-state index >= 15 is 0 Å². The van der Waals surface area contributed by atoms with Gasteiger partial charge in [-0.05, 0) is 56.2 Å². The fourth-order valence-electron chi connectivity index (χ4n) is 4.10. The van der Waals surface area contributed by atoms with Gasteiger partial charge in [0.05, 0.1) is 5.69 Å². The average Bonchev–Trinajstić information content (AvgIpc) is 2.90. The molecule has 214 valence electrons. The van der Waals surface area contributed by atoms with E-state index in [0.717, 1.165) is 19.7 Å². The predicted molar refractivity (Wildman–Crippen MR) is 160 cm³/mol. The van der Waals surface area contributed by atoms with Gasteiger partial charge in [-0.15, -0.1) is 0 Å². The van der Waals surface area contributed by atoms with Gasteiger partial charge in [0.2, 0.25) is 11.8 Å². The Bertz CT molecular complexity index is 1380. The van der Waals surface area contributed by atoms with E-state index in [1.807, 2.05) is 51.1 Å². The number of hydrogen-bond donors (Lipinski definition) is 1. The minimum Gasteiger partial charge on any atom is -0.350 e. The van der Waals surface area contributed by atoms with Gasteiger partial charge < -0.3 is 10.2 Å². The van der Waals surface area contributed by atoms with Crippen molar-refractivity contribution in [1.29, 1.82) is 0 Å². The molecule has 0 heterocycles. The number of hydrogen-bond acceptors (Lipinski definition) is 4. The number of nitrogens with zero attached hydrogens (tertiary/aromatic N) is 3. The first-order chi connectivity index (χ1) is 18.8. The zero-order chi connectivity index (χ0) is 29.5. The summed E-state index contributed by atoms with van der Waals surface area (Å²) in [6, 6.07) is 24.0. The van der Waals surface area contributed by atoms with Gasteiger partial charge in [-0.25, -0.2) is 4.31 Å². The predicted octanol–water partition coefficient (Wildman–Crippen LogP) is 4.51. The quantitative estimate of drug-likeness (QED) is 0.359. The van der Waals surface area contributed by atoms with Crippen LogP contribution in [0.15, 0.2) is 84.9 Å². The minimum absolute atomic E-state index is 0.0791. The lowest BCUT2D eigenvalue weighted by Gasteiger charge is -2.35. The van der Waals surface area contributed by atoms with Crippen LogP contribution in [0.3, 0.4) is 0 Å². The van der Waals surface area contributed by atoms with Crippen molar-refractivity contribution in [2.75, 3.05) is 24.9 Å². The topological polar surface area (TPSA) is 90.0 Å². The molecular weight excluding hydrogens is 548 g/mol. The van der Waals surface area contributed by atoms with Gasteiger partial charge in [-0.3, -0.25) is 9.59 Å². The lowest BCUT2D eigenvalue weighted by Crippen LogP contribution is -2.56. The molecule has 0 bridgehead atoms. The fourth-order valence-corrected chi connectivity index (χ4v) is 5.29. The molecule has 0 saturated carbocycles. The molecule has 0 saturated heterocycles. The van der Waals surface area contributed by atoms with Crippen LogP contribution < -0.4 is 9.62 Å². The van der Waals surface area contributed by atoms with E-state index in [0.29, 0.717) is 10.7 Å². The number of nitrogens with one attached hydrogen (secondary N) is 1. The van der Waals surface area contributed by atoms with E-state index in [2.05, 4.69) is 5.32 Å². The smallest absolute Gasteiger partial charge is 0.304 e. The molecule has 10 heteroatoms. The molecule has 0 unspecified atom stereocenters. The normalized spacial score (nSPS) is 12.6. The summed E-state index contributed by atoms with van der Waals surface area (Å²) in [5.41, 5.74) is 1.41. The maximum atomic E-state index is 14.2. The zero-order valence-electron chi connectivity index (χ0n) is 23.5. The maximum Gasteiger partial charge on any atom is 0.304 e. The summed E-state index contributed by atoms with van der Waals surface area (Å²) in [6.07, 6.45) is 0.244. The van der Waals surface area contributed by atoms with Gasteiger partial charge in [-0.1, -0.05) is 72.3 Å². The van der Waals surface area contributed by atoms with Crippen molar-refractivity contribution in [3.8, 4) is 0 Å². The Morgan fingerprint density at radius 2 is 1.40 bits per heavy atom. The molecule has 0 fully saturated rings. The Morgan fingerprint density at radius 3 is 1.93 bits per heavy atom. The van der Waals surface area contributed by atoms with Crippen molar-refractivity contribution in [2.24, 2.45) is 0 Å². The molecule has 2 amide bonds. The van der Waals surface area contributed by atoms with Crippen LogP contribution in [-0.4, -0.2) is 61.7 Å². The van der Waals surface area contributed by atoms with Gasteiger partial charge in [0.1, 0.15) is 12.6 Å². The minimum atomic E-state index is -4.03. The summed E-state index contributed by atoms with van der Waals surface area (Å²) in [7, 11) is -1.21. The molecular formula is C30H37ClN4O4S. The van der Waals surface area contributed by atoms with Gasteiger partial charge in [0.15, 0.2) is 0 Å². The summed E-state index contributed by atoms with van der Waals surface area (Å²) in [4.78, 5) is 29.4. The fraction of sp³-hybridized carbons (Fsp3) is 0.333. The molecule has 1 N–H and O–H groups in total. The molecule has 1 atom stereocenters. The second kappa shape index (κ2) is 13.3. The third kappa shape index (κ3) is 8.55. The molecule has 0 aromatic heterocycles. The molecule has 3 aromatic rings. The second-order valence-corrected chi connectivity index (χ2v) is 13.2. The maximum absolute atomic E-state index is 14.2. The molecule has 0 aliphatic rings. The standard InChI is InChI=1S/C30H37ClN4O4S/c1-30(2,3)32-29(37)27(20-23-12-8-6-9-13-23)34(21-24-16-18-25(31)19-17-24)28(36)22-35(40(38,39)33(4)5)26-14-10-7-11-15-26/h6-19,27H,20-22H2,1-5H3,(H,32,37)/t27-/m0/s1. The first-order valence-electron chi connectivity index (χ1n) is 12.9. The monoisotopic (exact) mass is 584 g/mol. The van der Waals surface area contributed by atoms with Gasteiger partial charge in [0, 0.05) is 37.6 Å². The van der Waals surface area contributed by atoms with Crippen molar-refractivity contribution in [3.05, 3.63) is 101 Å². The van der Waals surface area contributed by atoms with Gasteiger partial charge in [-0.2, -0.15) is 12.7 Å². The number of benzene rings is 3. The van der Waals surface area contributed by atoms with E-state index in [4.69, 9.17) is 11.6 Å². The summed E-state index contributed by atoms with van der Waals surface area (Å²) < 4.78 is 28.8. The van der Waals surface area contributed by atoms with Crippen molar-refractivity contribution < 1.29 is 18.0 Å². The number of halogens is 1. The number of amides is 2. The van der Waals surface area contributed by atoms with Crippen LogP contribution in [0.4, 0.5) is 5.69 Å². The highest BCUT2D eigenvalue weighted by Gasteiger charge is 2.35. The van der Waals surface area contributed by atoms with Gasteiger partial charge >= 0.3 is 10.2 Å². The van der Waals surface area contributed by atoms with Crippen molar-refractivity contribution in [3.63, 3.8) is 0 Å². The van der Waals surface area contributed by atoms with Crippen LogP contribution in [0.25, 0.3) is 0 Å². The number of rotatable bonds is 11. The average molecular weight is 585 g/mol. The van der Waals surface area contributed by atoms with Crippen molar-refractivity contribution in [2.45, 2.75) is 45.3 Å². The first kappa shape index (κ1) is 31.1. The van der Waals surface area contributed by atoms with Crippen molar-refractivity contribution in [1.82, 2.24) is 14.5 Å². The Balaban J connectivity index is 2.09. The summed E-state index contributed by atoms with van der Waals surface area (Å²) in [5.74, 6) is -0.852. The van der Waals surface area contributed by atoms with Crippen LogP contribution in [0.1, 0.15) is 31.9 Å². The van der Waals surface area contributed by atoms with Crippen molar-refractivity contribution >= 4 is 39.3 Å². The lowest BCUT2D eigenvalue weighted by atomic mass is 10.0. The molecule has 0 radical (unpaired) electrons. The Hall–Kier alpha value is -3.40. The summed E-state index contributed by atoms with van der Waals surface area (Å²) in [5, 5.41) is 3.55. The van der Waals surface area contributed by atoms with Crippen LogP contribution in [0.2, 0.25) is 5.02 Å². The Kier molecular flexibility index (Phi) is 10.4. The third-order valence-electron chi connectivity index (χ3n) is 6.10. The molecule has 0 aliphatic carbocycles. The lowest BCUT2D eigenvalue weighted by molar-refractivity contribution is -0.140. The molecule has 0 spiro atoms. The molecule has 8 nitrogen and oxygen atoms in total. The summed E-state index contributed by atoms with van der Waals surface area (Å²) in [6.45, 7) is 5.20. The number of carbonyl (C=O) groups is 2. The summed E-state index contributed by atoms with van der Waals surface area (Å²) >= 11 is 6.10. The van der Waals surface area contributed by atoms with Crippen LogP contribution in [0, 0.1) is 0 Å². The first-order valence-corrected chi connectivity index (χ1v) is 14.7. The van der Waals surface area contributed by atoms with E-state index in [1.165, 1.54) is 19.0 Å². The van der Waals surface area contributed by atoms with E-state index in [-0.39, 0.29) is 18.9 Å². The van der Waals surface area contributed by atoms with E-state index in [1.54, 1.807) is 54.6 Å². The largest absolute Gasteiger partial charge is 0.350 e. The van der Waals surface area contributed by atoms with E-state index in [9.17, 15) is 18.0 Å². The third-order valence-corrected chi connectivity index (χ3v) is 8.17. The zero-order valence-corrected chi connectivity index (χ0v) is 25.1. The number of carbonyl (C=O) groups excluding carboxylic acids is 2. The SMILES string of the molecule is CN(C)S(=O)(=O)N(CC(=O)N(Cc1ccc(Cl)cc1)[C@@H](Cc1ccccc1)C(=O)NC(C)(C)C)c1ccccc1. The molecule has 0 aliphatic heterocycles. The van der Waals surface area contributed by atoms with Crippen LogP contribution in [0.5, 0.6) is 0 Å². The Labute approximate surface area is 242 Å². The molecule has 40 heavy (non-hydrogen) atoms. The highest BCUT2D eigenvalue weighted by atomic mass is 35.5. The van der Waals surface area contributed by atoms with Gasteiger partial charge in [0.25, 0.3) is 0 Å². The molecule has 3 rings (SSSR count). The second-order valence-electron chi connectivity index (χ2n) is 10.7. The highest BCUT2D eigenvalue weighted by molar-refractivity contribution is 7.90. The Morgan fingerprint density at radius 1 is 0.850 bits per heavy atom.